The van der Waals surface area contributed by atoms with Gasteiger partial charge in [-0.25, -0.2) is 4.98 Å². The smallest absolute Gasteiger partial charge is 0.286 e. The Kier molecular flexibility index (Phi) is 6.36. The van der Waals surface area contributed by atoms with E-state index < -0.39 is 5.91 Å². The molecular formula is C24H21N5O. The zero-order chi connectivity index (χ0) is 21.5. The number of aromatic nitrogens is 3. The van der Waals surface area contributed by atoms with E-state index in [1.807, 2.05) is 80.6 Å². The molecule has 30 heavy (non-hydrogen) atoms. The second-order valence-corrected chi connectivity index (χ2v) is 6.19. The fourth-order valence-electron chi connectivity index (χ4n) is 3.07. The fraction of sp³-hybridized carbons (Fsp3) is 0.0833. The van der Waals surface area contributed by atoms with Crippen LogP contribution >= 0.6 is 0 Å². The third-order valence-electron chi connectivity index (χ3n) is 4.38. The molecule has 0 aliphatic carbocycles. The van der Waals surface area contributed by atoms with Gasteiger partial charge < -0.3 is 5.73 Å². The Labute approximate surface area is 175 Å². The first kappa shape index (κ1) is 20.5. The maximum Gasteiger partial charge on any atom is 0.286 e. The number of benzene rings is 3. The number of H-pyrrole nitrogens is 1. The van der Waals surface area contributed by atoms with Crippen molar-refractivity contribution in [3.05, 3.63) is 84.2 Å². The minimum Gasteiger partial charge on any atom is -0.363 e. The molecule has 0 atom stereocenters. The van der Waals surface area contributed by atoms with E-state index in [2.05, 4.69) is 21.3 Å². The van der Waals surface area contributed by atoms with E-state index in [0.717, 1.165) is 27.8 Å². The zero-order valence-electron chi connectivity index (χ0n) is 16.8. The van der Waals surface area contributed by atoms with Crippen molar-refractivity contribution in [1.29, 1.82) is 5.26 Å². The lowest BCUT2D eigenvalue weighted by Gasteiger charge is -2.11. The van der Waals surface area contributed by atoms with Gasteiger partial charge in [0.25, 0.3) is 5.91 Å². The number of amides is 1. The predicted octanol–water partition coefficient (Wildman–Crippen LogP) is 4.80. The van der Waals surface area contributed by atoms with Crippen LogP contribution in [0.2, 0.25) is 0 Å². The molecule has 6 nitrogen and oxygen atoms in total. The lowest BCUT2D eigenvalue weighted by Crippen LogP contribution is -2.12. The van der Waals surface area contributed by atoms with Crippen molar-refractivity contribution < 1.29 is 4.79 Å². The van der Waals surface area contributed by atoms with Gasteiger partial charge >= 0.3 is 0 Å². The van der Waals surface area contributed by atoms with Crippen LogP contribution in [0.3, 0.4) is 0 Å². The Hall–Kier alpha value is -4.24. The maximum absolute atomic E-state index is 11.3. The van der Waals surface area contributed by atoms with Gasteiger partial charge in [0.05, 0.1) is 11.6 Å². The summed E-state index contributed by atoms with van der Waals surface area (Å²) >= 11 is 0. The fourth-order valence-corrected chi connectivity index (χ4v) is 3.07. The number of hydrogen-bond acceptors (Lipinski definition) is 4. The summed E-state index contributed by atoms with van der Waals surface area (Å²) in [5.74, 6) is -0.230. The van der Waals surface area contributed by atoms with Crippen LogP contribution in [0.1, 0.15) is 30.0 Å². The molecule has 3 aromatic carbocycles. The molecule has 0 radical (unpaired) electrons. The maximum atomic E-state index is 11.3. The number of hydrogen-bond donors (Lipinski definition) is 2. The molecule has 0 unspecified atom stereocenters. The number of primary amides is 1. The number of aromatic amines is 1. The van der Waals surface area contributed by atoms with Crippen LogP contribution in [0.25, 0.3) is 33.6 Å². The van der Waals surface area contributed by atoms with Crippen molar-refractivity contribution in [2.24, 2.45) is 5.73 Å². The molecule has 0 saturated carbocycles. The molecule has 0 saturated heterocycles. The third kappa shape index (κ3) is 4.26. The van der Waals surface area contributed by atoms with Crippen molar-refractivity contribution in [3.8, 4) is 39.7 Å². The molecule has 6 heteroatoms. The lowest BCUT2D eigenvalue weighted by atomic mass is 9.93. The van der Waals surface area contributed by atoms with Gasteiger partial charge in [-0.15, -0.1) is 0 Å². The molecular weight excluding hydrogens is 374 g/mol. The number of nitrogens with one attached hydrogen (secondary N) is 1. The van der Waals surface area contributed by atoms with E-state index in [-0.39, 0.29) is 5.82 Å². The Morgan fingerprint density at radius 1 is 0.900 bits per heavy atom. The largest absolute Gasteiger partial charge is 0.363 e. The second kappa shape index (κ2) is 9.30. The van der Waals surface area contributed by atoms with Crippen LogP contribution in [0.4, 0.5) is 0 Å². The van der Waals surface area contributed by atoms with E-state index in [4.69, 9.17) is 5.73 Å². The van der Waals surface area contributed by atoms with Gasteiger partial charge in [0, 0.05) is 5.56 Å². The summed E-state index contributed by atoms with van der Waals surface area (Å²) in [4.78, 5) is 15.4. The average Bonchev–Trinajstić information content (AvgIpc) is 3.31. The quantitative estimate of drug-likeness (QED) is 0.517. The standard InChI is InChI=1S/C22H15N5O.C2H6/c23-13-14-5-3-6-15(11-14)18-9-1-2-10-19(18)16-7-4-8-17(12-16)21-25-22(20(24)28)27-26-21;1-2/h1-12H,(H2,24,28)(H,25,26,27);1-2H3. The summed E-state index contributed by atoms with van der Waals surface area (Å²) in [6, 6.07) is 25.4. The Balaban J connectivity index is 0.00000124. The Morgan fingerprint density at radius 2 is 1.50 bits per heavy atom. The highest BCUT2D eigenvalue weighted by atomic mass is 16.1. The first-order valence-corrected chi connectivity index (χ1v) is 9.58. The number of nitrogens with two attached hydrogens (primary N) is 1. The molecule has 4 rings (SSSR count). The molecule has 0 aliphatic rings. The highest BCUT2D eigenvalue weighted by molar-refractivity contribution is 5.89. The van der Waals surface area contributed by atoms with Crippen molar-refractivity contribution >= 4 is 5.91 Å². The summed E-state index contributed by atoms with van der Waals surface area (Å²) in [6.07, 6.45) is 0. The van der Waals surface area contributed by atoms with Crippen molar-refractivity contribution in [2.45, 2.75) is 13.8 Å². The van der Waals surface area contributed by atoms with Crippen LogP contribution in [0.15, 0.2) is 72.8 Å². The number of carbonyl (C=O) groups excluding carboxylic acids is 1. The zero-order valence-corrected chi connectivity index (χ0v) is 16.8. The van der Waals surface area contributed by atoms with Gasteiger partial charge in [0.1, 0.15) is 0 Å². The first-order valence-electron chi connectivity index (χ1n) is 9.58. The van der Waals surface area contributed by atoms with Crippen LogP contribution in [-0.2, 0) is 0 Å². The van der Waals surface area contributed by atoms with Gasteiger partial charge in [-0.05, 0) is 40.5 Å². The molecule has 1 heterocycles. The Morgan fingerprint density at radius 3 is 2.10 bits per heavy atom. The molecule has 0 spiro atoms. The number of nitriles is 1. The second-order valence-electron chi connectivity index (χ2n) is 6.19. The number of nitrogens with zero attached hydrogens (tertiary/aromatic N) is 3. The SMILES string of the molecule is CC.N#Cc1cccc(-c2ccccc2-c2cccc(-c3n[nH]c(C(N)=O)n3)c2)c1. The van der Waals surface area contributed by atoms with Crippen molar-refractivity contribution in [1.82, 2.24) is 15.2 Å². The van der Waals surface area contributed by atoms with Crippen molar-refractivity contribution in [2.75, 3.05) is 0 Å². The molecule has 1 amide bonds. The third-order valence-corrected chi connectivity index (χ3v) is 4.38. The van der Waals surface area contributed by atoms with E-state index in [1.54, 1.807) is 6.07 Å². The predicted molar refractivity (Wildman–Crippen MR) is 117 cm³/mol. The van der Waals surface area contributed by atoms with Gasteiger partial charge in [0.15, 0.2) is 5.82 Å². The van der Waals surface area contributed by atoms with E-state index in [9.17, 15) is 10.1 Å². The normalized spacial score (nSPS) is 9.90. The minimum atomic E-state index is -0.655. The molecule has 0 bridgehead atoms. The molecule has 1 aromatic heterocycles. The van der Waals surface area contributed by atoms with Gasteiger partial charge in [-0.1, -0.05) is 68.4 Å². The molecule has 0 aliphatic heterocycles. The number of carbonyl (C=O) groups is 1. The van der Waals surface area contributed by atoms with Gasteiger partial charge in [-0.3, -0.25) is 9.89 Å². The van der Waals surface area contributed by atoms with E-state index >= 15 is 0 Å². The van der Waals surface area contributed by atoms with E-state index in [0.29, 0.717) is 11.4 Å². The summed E-state index contributed by atoms with van der Waals surface area (Å²) in [5, 5.41) is 15.8. The highest BCUT2D eigenvalue weighted by Gasteiger charge is 2.12. The number of rotatable bonds is 4. The van der Waals surface area contributed by atoms with E-state index in [1.165, 1.54) is 0 Å². The summed E-state index contributed by atoms with van der Waals surface area (Å²) in [6.45, 7) is 4.00. The van der Waals surface area contributed by atoms with Crippen LogP contribution < -0.4 is 5.73 Å². The van der Waals surface area contributed by atoms with Crippen molar-refractivity contribution in [3.63, 3.8) is 0 Å². The summed E-state index contributed by atoms with van der Waals surface area (Å²) < 4.78 is 0. The summed E-state index contributed by atoms with van der Waals surface area (Å²) in [7, 11) is 0. The lowest BCUT2D eigenvalue weighted by molar-refractivity contribution is 0.0991. The average molecular weight is 395 g/mol. The molecule has 0 fully saturated rings. The van der Waals surface area contributed by atoms with Crippen LogP contribution in [0, 0.1) is 11.3 Å². The molecule has 148 valence electrons. The van der Waals surface area contributed by atoms with Gasteiger partial charge in [0.2, 0.25) is 5.82 Å². The highest BCUT2D eigenvalue weighted by Crippen LogP contribution is 2.33. The topological polar surface area (TPSA) is 108 Å². The summed E-state index contributed by atoms with van der Waals surface area (Å²) in [5.41, 5.74) is 10.6. The molecule has 4 aromatic rings. The minimum absolute atomic E-state index is 0.0223. The van der Waals surface area contributed by atoms with Crippen LogP contribution in [-0.4, -0.2) is 21.1 Å². The first-order chi connectivity index (χ1) is 14.7. The Bertz CT molecular complexity index is 1220. The van der Waals surface area contributed by atoms with Crippen LogP contribution in [0.5, 0.6) is 0 Å². The van der Waals surface area contributed by atoms with Gasteiger partial charge in [-0.2, -0.15) is 10.4 Å². The molecule has 3 N–H and O–H groups in total. The monoisotopic (exact) mass is 395 g/mol.